The van der Waals surface area contributed by atoms with E-state index in [2.05, 4.69) is 21.3 Å². The summed E-state index contributed by atoms with van der Waals surface area (Å²) in [7, 11) is 0. The lowest BCUT2D eigenvalue weighted by Gasteiger charge is -2.20. The van der Waals surface area contributed by atoms with Gasteiger partial charge in [0.15, 0.2) is 0 Å². The summed E-state index contributed by atoms with van der Waals surface area (Å²) < 4.78 is 2.00. The first-order valence-electron chi connectivity index (χ1n) is 9.88. The summed E-state index contributed by atoms with van der Waals surface area (Å²) >= 11 is 0. The van der Waals surface area contributed by atoms with Crippen LogP contribution in [0.4, 0.5) is 5.69 Å². The van der Waals surface area contributed by atoms with E-state index in [1.807, 2.05) is 16.8 Å². The van der Waals surface area contributed by atoms with Gasteiger partial charge >= 0.3 is 0 Å². The highest BCUT2D eigenvalue weighted by Gasteiger charge is 2.34. The normalized spacial score (nSPS) is 24.3. The van der Waals surface area contributed by atoms with Gasteiger partial charge in [-0.2, -0.15) is 5.26 Å². The Bertz CT molecular complexity index is 867. The zero-order valence-corrected chi connectivity index (χ0v) is 15.8. The summed E-state index contributed by atoms with van der Waals surface area (Å²) in [6.07, 6.45) is 8.50. The van der Waals surface area contributed by atoms with E-state index in [0.29, 0.717) is 23.5 Å². The molecule has 1 aliphatic carbocycles. The quantitative estimate of drug-likeness (QED) is 0.828. The second kappa shape index (κ2) is 8.03. The van der Waals surface area contributed by atoms with Gasteiger partial charge in [0.25, 0.3) is 5.91 Å². The van der Waals surface area contributed by atoms with Crippen molar-refractivity contribution in [3.8, 4) is 6.07 Å². The first-order valence-corrected chi connectivity index (χ1v) is 9.88. The Labute approximate surface area is 164 Å². The van der Waals surface area contributed by atoms with Crippen LogP contribution in [0.3, 0.4) is 0 Å². The van der Waals surface area contributed by atoms with Crippen molar-refractivity contribution in [2.24, 2.45) is 5.92 Å². The van der Waals surface area contributed by atoms with Crippen molar-refractivity contribution < 1.29 is 9.90 Å². The lowest BCUT2D eigenvalue weighted by atomic mass is 10.1. The van der Waals surface area contributed by atoms with Crippen LogP contribution >= 0.6 is 0 Å². The predicted molar refractivity (Wildman–Crippen MR) is 105 cm³/mol. The van der Waals surface area contributed by atoms with E-state index in [1.165, 1.54) is 0 Å². The van der Waals surface area contributed by atoms with Crippen LogP contribution in [0.1, 0.15) is 41.6 Å². The molecule has 7 nitrogen and oxygen atoms in total. The van der Waals surface area contributed by atoms with Gasteiger partial charge < -0.3 is 19.9 Å². The Kier molecular flexibility index (Phi) is 5.31. The minimum Gasteiger partial charge on any atom is -0.391 e. The molecule has 2 fully saturated rings. The Balaban J connectivity index is 1.41. The molecule has 7 heteroatoms. The summed E-state index contributed by atoms with van der Waals surface area (Å²) in [6, 6.07) is 7.25. The standard InChI is InChI=1S/C21H25N5O2/c22-12-17-11-16(3-4-19(17)26-6-1-2-7-26)21(28)24-18-9-15(10-20(18)27)13-25-8-5-23-14-25/h3-5,8,11,14-15,18,20,27H,1-2,6-7,9-10,13H2,(H,24,28)/t15?,18-,20-/m1/s1. The van der Waals surface area contributed by atoms with Crippen LogP contribution in [-0.2, 0) is 6.54 Å². The van der Waals surface area contributed by atoms with Crippen LogP contribution in [0, 0.1) is 17.2 Å². The molecule has 1 aromatic carbocycles. The van der Waals surface area contributed by atoms with Gasteiger partial charge in [-0.1, -0.05) is 0 Å². The highest BCUT2D eigenvalue weighted by molar-refractivity contribution is 5.95. The van der Waals surface area contributed by atoms with Crippen LogP contribution in [0.5, 0.6) is 0 Å². The molecule has 2 N–H and O–H groups in total. The number of aliphatic hydroxyl groups excluding tert-OH is 1. The molecule has 0 bridgehead atoms. The molecule has 1 aromatic heterocycles. The second-order valence-electron chi connectivity index (χ2n) is 7.78. The number of hydrogen-bond donors (Lipinski definition) is 2. The monoisotopic (exact) mass is 379 g/mol. The van der Waals surface area contributed by atoms with Crippen molar-refractivity contribution in [1.29, 1.82) is 5.26 Å². The van der Waals surface area contributed by atoms with Crippen LogP contribution in [-0.4, -0.2) is 45.8 Å². The molecule has 1 saturated heterocycles. The summed E-state index contributed by atoms with van der Waals surface area (Å²) in [6.45, 7) is 2.69. The van der Waals surface area contributed by atoms with Crippen LogP contribution < -0.4 is 10.2 Å². The summed E-state index contributed by atoms with van der Waals surface area (Å²) in [5, 5.41) is 22.8. The Morgan fingerprint density at radius 3 is 2.86 bits per heavy atom. The van der Waals surface area contributed by atoms with Crippen LogP contribution in [0.15, 0.2) is 36.9 Å². The van der Waals surface area contributed by atoms with Gasteiger partial charge in [0.1, 0.15) is 6.07 Å². The van der Waals surface area contributed by atoms with E-state index in [0.717, 1.165) is 44.6 Å². The van der Waals surface area contributed by atoms with Gasteiger partial charge in [-0.15, -0.1) is 0 Å². The Morgan fingerprint density at radius 1 is 1.32 bits per heavy atom. The molecule has 1 unspecified atom stereocenters. The number of hydrogen-bond acceptors (Lipinski definition) is 5. The van der Waals surface area contributed by atoms with Crippen LogP contribution in [0.2, 0.25) is 0 Å². The van der Waals surface area contributed by atoms with Crippen LogP contribution in [0.25, 0.3) is 0 Å². The predicted octanol–water partition coefficient (Wildman–Crippen LogP) is 1.92. The van der Waals surface area contributed by atoms with E-state index in [1.54, 1.807) is 24.7 Å². The molecule has 2 aliphatic rings. The molecule has 1 aliphatic heterocycles. The topological polar surface area (TPSA) is 94.2 Å². The number of nitriles is 1. The zero-order chi connectivity index (χ0) is 19.5. The van der Waals surface area contributed by atoms with E-state index < -0.39 is 6.10 Å². The van der Waals surface area contributed by atoms with Crippen molar-refractivity contribution in [3.05, 3.63) is 48.0 Å². The molecule has 0 spiro atoms. The molecular weight excluding hydrogens is 354 g/mol. The molecule has 146 valence electrons. The molecule has 3 atom stereocenters. The number of amides is 1. The molecule has 4 rings (SSSR count). The number of nitrogens with zero attached hydrogens (tertiary/aromatic N) is 4. The van der Waals surface area contributed by atoms with Crippen molar-refractivity contribution in [2.45, 2.75) is 44.4 Å². The minimum absolute atomic E-state index is 0.239. The maximum Gasteiger partial charge on any atom is 0.251 e. The maximum absolute atomic E-state index is 12.7. The fraction of sp³-hybridized carbons (Fsp3) is 0.476. The fourth-order valence-corrected chi connectivity index (χ4v) is 4.37. The largest absolute Gasteiger partial charge is 0.391 e. The number of carbonyl (C=O) groups is 1. The number of aliphatic hydroxyl groups is 1. The fourth-order valence-electron chi connectivity index (χ4n) is 4.37. The van der Waals surface area contributed by atoms with E-state index in [4.69, 9.17) is 0 Å². The summed E-state index contributed by atoms with van der Waals surface area (Å²) in [4.78, 5) is 18.9. The van der Waals surface area contributed by atoms with E-state index in [-0.39, 0.29) is 11.9 Å². The lowest BCUT2D eigenvalue weighted by molar-refractivity contribution is 0.0873. The van der Waals surface area contributed by atoms with Gasteiger partial charge in [0.05, 0.1) is 29.7 Å². The summed E-state index contributed by atoms with van der Waals surface area (Å²) in [5.41, 5.74) is 1.89. The average Bonchev–Trinajstić information content (AvgIpc) is 3.45. The molecule has 1 saturated carbocycles. The Morgan fingerprint density at radius 2 is 2.14 bits per heavy atom. The average molecular weight is 379 g/mol. The lowest BCUT2D eigenvalue weighted by Crippen LogP contribution is -2.40. The van der Waals surface area contributed by atoms with Gasteiger partial charge in [-0.3, -0.25) is 4.79 Å². The minimum atomic E-state index is -0.559. The molecule has 2 heterocycles. The Hall–Kier alpha value is -2.85. The van der Waals surface area contributed by atoms with E-state index >= 15 is 0 Å². The number of benzene rings is 1. The van der Waals surface area contributed by atoms with Gasteiger partial charge in [0.2, 0.25) is 0 Å². The molecule has 0 radical (unpaired) electrons. The smallest absolute Gasteiger partial charge is 0.251 e. The molecule has 1 amide bonds. The first kappa shape index (κ1) is 18.5. The number of aromatic nitrogens is 2. The third-order valence-electron chi connectivity index (χ3n) is 5.80. The van der Waals surface area contributed by atoms with Gasteiger partial charge in [0, 0.05) is 37.6 Å². The molecule has 28 heavy (non-hydrogen) atoms. The number of nitrogens with one attached hydrogen (secondary N) is 1. The second-order valence-corrected chi connectivity index (χ2v) is 7.78. The number of imidazole rings is 1. The number of carbonyl (C=O) groups excluding carboxylic acids is 1. The number of anilines is 1. The van der Waals surface area contributed by atoms with Crippen molar-refractivity contribution >= 4 is 11.6 Å². The van der Waals surface area contributed by atoms with Crippen molar-refractivity contribution in [3.63, 3.8) is 0 Å². The third kappa shape index (κ3) is 3.87. The van der Waals surface area contributed by atoms with Gasteiger partial charge in [-0.05, 0) is 49.8 Å². The van der Waals surface area contributed by atoms with E-state index in [9.17, 15) is 15.2 Å². The SMILES string of the molecule is N#Cc1cc(C(=O)N[C@@H]2CC(Cn3ccnc3)C[C@H]2O)ccc1N1CCCC1. The highest BCUT2D eigenvalue weighted by atomic mass is 16.3. The third-order valence-corrected chi connectivity index (χ3v) is 5.80. The first-order chi connectivity index (χ1) is 13.6. The number of rotatable bonds is 5. The van der Waals surface area contributed by atoms with Crippen molar-refractivity contribution in [2.75, 3.05) is 18.0 Å². The highest BCUT2D eigenvalue weighted by Crippen LogP contribution is 2.29. The molecule has 2 aromatic rings. The van der Waals surface area contributed by atoms with Crippen molar-refractivity contribution in [1.82, 2.24) is 14.9 Å². The maximum atomic E-state index is 12.7. The zero-order valence-electron chi connectivity index (χ0n) is 15.8. The summed E-state index contributed by atoms with van der Waals surface area (Å²) in [5.74, 6) is 0.0542. The van der Waals surface area contributed by atoms with Gasteiger partial charge in [-0.25, -0.2) is 4.98 Å². The molecular formula is C21H25N5O2.